The van der Waals surface area contributed by atoms with Crippen molar-refractivity contribution in [2.75, 3.05) is 6.61 Å². The van der Waals surface area contributed by atoms with Crippen LogP contribution in [0.3, 0.4) is 0 Å². The Morgan fingerprint density at radius 3 is 2.08 bits per heavy atom. The fourth-order valence-electron chi connectivity index (χ4n) is 0.727. The Hall–Kier alpha value is -0.490. The molecule has 0 aromatic rings. The summed E-state index contributed by atoms with van der Waals surface area (Å²) in [4.78, 5) is 10.1. The van der Waals surface area contributed by atoms with Crippen LogP contribution >= 0.6 is 0 Å². The molecule has 0 amide bonds. The highest BCUT2D eigenvalue weighted by Crippen LogP contribution is 2.07. The van der Waals surface area contributed by atoms with E-state index in [4.69, 9.17) is 20.4 Å². The Bertz CT molecular complexity index is 138. The molecule has 5 heteroatoms. The van der Waals surface area contributed by atoms with Gasteiger partial charge in [-0.2, -0.15) is 0 Å². The second-order valence-electron chi connectivity index (χ2n) is 2.73. The third-order valence-electron chi connectivity index (χ3n) is 1.68. The van der Waals surface area contributed by atoms with Crippen LogP contribution in [-0.2, 0) is 4.79 Å². The number of hydrogen-bond acceptors (Lipinski definition) is 5. The molecule has 0 aliphatic carbocycles. The molecule has 0 saturated heterocycles. The van der Waals surface area contributed by atoms with E-state index >= 15 is 0 Å². The van der Waals surface area contributed by atoms with E-state index in [-0.39, 0.29) is 0 Å². The van der Waals surface area contributed by atoms with Crippen molar-refractivity contribution in [1.82, 2.24) is 0 Å². The molecule has 0 saturated carbocycles. The lowest BCUT2D eigenvalue weighted by Gasteiger charge is -2.23. The molecule has 0 aliphatic heterocycles. The minimum absolute atomic E-state index is 0.470. The molecule has 0 fully saturated rings. The first-order valence-corrected chi connectivity index (χ1v) is 3.65. The van der Waals surface area contributed by atoms with Crippen molar-refractivity contribution in [3.05, 3.63) is 0 Å². The van der Waals surface area contributed by atoms with Gasteiger partial charge in [-0.3, -0.25) is 0 Å². The fourth-order valence-corrected chi connectivity index (χ4v) is 0.727. The zero-order valence-corrected chi connectivity index (χ0v) is 6.79. The van der Waals surface area contributed by atoms with Crippen LogP contribution in [-0.4, -0.2) is 51.6 Å². The predicted molar refractivity (Wildman–Crippen MR) is 40.3 cm³/mol. The van der Waals surface area contributed by atoms with Gasteiger partial charge in [0.25, 0.3) is 0 Å². The van der Waals surface area contributed by atoms with Crippen LogP contribution < -0.4 is 0 Å². The Labute approximate surface area is 70.3 Å². The normalized spacial score (nSPS) is 21.1. The van der Waals surface area contributed by atoms with E-state index in [1.807, 2.05) is 0 Å². The Morgan fingerprint density at radius 2 is 1.75 bits per heavy atom. The van der Waals surface area contributed by atoms with Crippen LogP contribution in [0.25, 0.3) is 0 Å². The van der Waals surface area contributed by atoms with Crippen LogP contribution in [0, 0.1) is 5.92 Å². The molecule has 0 radical (unpaired) electrons. The maximum Gasteiger partial charge on any atom is 0.125 e. The van der Waals surface area contributed by atoms with E-state index in [1.54, 1.807) is 0 Å². The van der Waals surface area contributed by atoms with Gasteiger partial charge in [-0.15, -0.1) is 0 Å². The second-order valence-corrected chi connectivity index (χ2v) is 2.73. The first-order chi connectivity index (χ1) is 5.54. The molecule has 0 aliphatic rings. The van der Waals surface area contributed by atoms with Gasteiger partial charge in [-0.25, -0.2) is 0 Å². The zero-order valence-electron chi connectivity index (χ0n) is 6.79. The van der Waals surface area contributed by atoms with Crippen molar-refractivity contribution in [1.29, 1.82) is 0 Å². The lowest BCUT2D eigenvalue weighted by molar-refractivity contribution is -0.123. The lowest BCUT2D eigenvalue weighted by atomic mass is 9.98. The van der Waals surface area contributed by atoms with Crippen molar-refractivity contribution in [2.45, 2.75) is 25.2 Å². The van der Waals surface area contributed by atoms with Gasteiger partial charge in [0.2, 0.25) is 0 Å². The molecule has 0 heterocycles. The van der Waals surface area contributed by atoms with Crippen LogP contribution in [0.4, 0.5) is 0 Å². The summed E-state index contributed by atoms with van der Waals surface area (Å²) in [6.45, 7) is 0.759. The Kier molecular flexibility index (Phi) is 5.00. The number of carbonyl (C=O) groups is 1. The first kappa shape index (κ1) is 11.5. The van der Waals surface area contributed by atoms with Gasteiger partial charge in [0.05, 0.1) is 12.7 Å². The van der Waals surface area contributed by atoms with Crippen molar-refractivity contribution < 1.29 is 25.2 Å². The molecule has 5 nitrogen and oxygen atoms in total. The fraction of sp³-hybridized carbons (Fsp3) is 0.857. The predicted octanol–water partition coefficient (Wildman–Crippen LogP) is -2.10. The first-order valence-electron chi connectivity index (χ1n) is 3.65. The van der Waals surface area contributed by atoms with Crippen LogP contribution in [0.2, 0.25) is 0 Å². The highest BCUT2D eigenvalue weighted by atomic mass is 16.4. The molecule has 12 heavy (non-hydrogen) atoms. The van der Waals surface area contributed by atoms with Crippen LogP contribution in [0.5, 0.6) is 0 Å². The van der Waals surface area contributed by atoms with Gasteiger partial charge in [0.15, 0.2) is 0 Å². The van der Waals surface area contributed by atoms with Gasteiger partial charge in [0, 0.05) is 5.92 Å². The molecule has 72 valence electrons. The van der Waals surface area contributed by atoms with E-state index in [2.05, 4.69) is 0 Å². The quantitative estimate of drug-likeness (QED) is 0.361. The summed E-state index contributed by atoms with van der Waals surface area (Å²) in [5, 5.41) is 35.5. The van der Waals surface area contributed by atoms with Gasteiger partial charge in [-0.1, -0.05) is 6.92 Å². The monoisotopic (exact) mass is 178 g/mol. The second kappa shape index (κ2) is 5.21. The number of aliphatic hydroxyl groups is 4. The van der Waals surface area contributed by atoms with Crippen molar-refractivity contribution in [2.24, 2.45) is 5.92 Å². The number of hydrogen-bond donors (Lipinski definition) is 4. The van der Waals surface area contributed by atoms with Crippen LogP contribution in [0.1, 0.15) is 6.92 Å². The maximum absolute atomic E-state index is 10.1. The summed E-state index contributed by atoms with van der Waals surface area (Å²) in [6.07, 6.45) is -3.78. The molecular weight excluding hydrogens is 164 g/mol. The van der Waals surface area contributed by atoms with E-state index < -0.39 is 30.8 Å². The summed E-state index contributed by atoms with van der Waals surface area (Å²) in [5.41, 5.74) is 0. The molecule has 0 bridgehead atoms. The van der Waals surface area contributed by atoms with Gasteiger partial charge < -0.3 is 25.2 Å². The average Bonchev–Trinajstić information content (AvgIpc) is 2.12. The largest absolute Gasteiger partial charge is 0.394 e. The third kappa shape index (κ3) is 2.86. The van der Waals surface area contributed by atoms with Gasteiger partial charge in [-0.05, 0) is 0 Å². The van der Waals surface area contributed by atoms with Crippen molar-refractivity contribution in [3.8, 4) is 0 Å². The van der Waals surface area contributed by atoms with Gasteiger partial charge >= 0.3 is 0 Å². The number of aliphatic hydroxyl groups excluding tert-OH is 4. The highest BCUT2D eigenvalue weighted by molar-refractivity contribution is 5.53. The number of rotatable bonds is 5. The highest BCUT2D eigenvalue weighted by Gasteiger charge is 2.28. The minimum atomic E-state index is -1.49. The molecule has 4 atom stereocenters. The topological polar surface area (TPSA) is 98.0 Å². The zero-order chi connectivity index (χ0) is 9.72. The number of aldehydes is 1. The molecule has 4 N–H and O–H groups in total. The molecule has 0 aromatic carbocycles. The average molecular weight is 178 g/mol. The SMILES string of the molecule is CC(C=O)C(O)C(O)C(O)CO. The Morgan fingerprint density at radius 1 is 1.25 bits per heavy atom. The van der Waals surface area contributed by atoms with E-state index in [0.29, 0.717) is 6.29 Å². The van der Waals surface area contributed by atoms with E-state index in [9.17, 15) is 4.79 Å². The van der Waals surface area contributed by atoms with Gasteiger partial charge in [0.1, 0.15) is 18.5 Å². The molecule has 0 spiro atoms. The standard InChI is InChI=1S/C7H14O5/c1-4(2-8)6(11)7(12)5(10)3-9/h2,4-7,9-12H,3H2,1H3. The molecule has 0 aromatic heterocycles. The smallest absolute Gasteiger partial charge is 0.125 e. The molecular formula is C7H14O5. The van der Waals surface area contributed by atoms with Crippen molar-refractivity contribution in [3.63, 3.8) is 0 Å². The van der Waals surface area contributed by atoms with E-state index in [0.717, 1.165) is 0 Å². The minimum Gasteiger partial charge on any atom is -0.394 e. The third-order valence-corrected chi connectivity index (χ3v) is 1.68. The summed E-state index contributed by atoms with van der Waals surface area (Å²) in [6, 6.07) is 0. The van der Waals surface area contributed by atoms with Crippen molar-refractivity contribution >= 4 is 6.29 Å². The summed E-state index contributed by atoms with van der Waals surface area (Å²) < 4.78 is 0. The maximum atomic E-state index is 10.1. The van der Waals surface area contributed by atoms with Crippen LogP contribution in [0.15, 0.2) is 0 Å². The number of carbonyl (C=O) groups excluding carboxylic acids is 1. The summed E-state index contributed by atoms with van der Waals surface area (Å²) in [5.74, 6) is -0.763. The van der Waals surface area contributed by atoms with E-state index in [1.165, 1.54) is 6.92 Å². The Balaban J connectivity index is 4.07. The lowest BCUT2D eigenvalue weighted by Crippen LogP contribution is -2.43. The molecule has 4 unspecified atom stereocenters. The molecule has 0 rings (SSSR count). The summed E-state index contributed by atoms with van der Waals surface area (Å²) >= 11 is 0. The summed E-state index contributed by atoms with van der Waals surface area (Å²) in [7, 11) is 0.